The second-order valence-electron chi connectivity index (χ2n) is 1.85. The Labute approximate surface area is 63.8 Å². The van der Waals surface area contributed by atoms with E-state index >= 15 is 0 Å². The van der Waals surface area contributed by atoms with E-state index in [1.165, 1.54) is 6.08 Å². The van der Waals surface area contributed by atoms with Crippen molar-refractivity contribution in [3.05, 3.63) is 12.2 Å². The Morgan fingerprint density at radius 3 is 2.60 bits per heavy atom. The maximum atomic E-state index is 10.6. The lowest BCUT2D eigenvalue weighted by Gasteiger charge is -2.00. The fraction of sp³-hybridized carbons (Fsp3) is 0.400. The molecule has 1 heterocycles. The molecule has 10 heavy (non-hydrogen) atoms. The van der Waals surface area contributed by atoms with Gasteiger partial charge in [0.05, 0.1) is 0 Å². The second-order valence-corrected chi connectivity index (χ2v) is 4.36. The minimum absolute atomic E-state index is 0.0274. The molecule has 1 aliphatic heterocycles. The fourth-order valence-corrected chi connectivity index (χ4v) is 1.45. The van der Waals surface area contributed by atoms with E-state index in [2.05, 4.69) is 4.99 Å². The van der Waals surface area contributed by atoms with Crippen molar-refractivity contribution in [3.8, 4) is 0 Å². The van der Waals surface area contributed by atoms with Crippen molar-refractivity contribution >= 4 is 24.8 Å². The molecule has 0 aromatic rings. The highest BCUT2D eigenvalue weighted by Gasteiger charge is 2.13. The van der Waals surface area contributed by atoms with Crippen LogP contribution in [-0.2, 0) is 9.05 Å². The van der Waals surface area contributed by atoms with Crippen LogP contribution in [0, 0.1) is 0 Å². The molecule has 0 saturated carbocycles. The van der Waals surface area contributed by atoms with E-state index in [-0.39, 0.29) is 5.04 Å². The highest BCUT2D eigenvalue weighted by atomic mass is 35.7. The van der Waals surface area contributed by atoms with Gasteiger partial charge in [0.1, 0.15) is 0 Å². The Morgan fingerprint density at radius 1 is 1.60 bits per heavy atom. The van der Waals surface area contributed by atoms with Crippen LogP contribution in [0.1, 0.15) is 6.42 Å². The van der Waals surface area contributed by atoms with Crippen molar-refractivity contribution < 1.29 is 8.42 Å². The van der Waals surface area contributed by atoms with Gasteiger partial charge in [0.2, 0.25) is 0 Å². The third kappa shape index (κ3) is 1.82. The van der Waals surface area contributed by atoms with Crippen LogP contribution in [0.3, 0.4) is 0 Å². The van der Waals surface area contributed by atoms with Gasteiger partial charge in [-0.25, -0.2) is 8.42 Å². The third-order valence-corrected chi connectivity index (χ3v) is 2.31. The fourth-order valence-electron chi connectivity index (χ4n) is 0.645. The molecule has 0 aromatic carbocycles. The van der Waals surface area contributed by atoms with Crippen molar-refractivity contribution in [2.75, 3.05) is 6.54 Å². The highest BCUT2D eigenvalue weighted by Crippen LogP contribution is 2.06. The van der Waals surface area contributed by atoms with Gasteiger partial charge in [-0.1, -0.05) is 6.08 Å². The minimum atomic E-state index is -3.59. The van der Waals surface area contributed by atoms with Gasteiger partial charge in [0.15, 0.2) is 5.04 Å². The minimum Gasteiger partial charge on any atom is -0.272 e. The maximum Gasteiger partial charge on any atom is 0.278 e. The summed E-state index contributed by atoms with van der Waals surface area (Å²) in [6.45, 7) is 0.512. The quantitative estimate of drug-likeness (QED) is 0.519. The lowest BCUT2D eigenvalue weighted by molar-refractivity contribution is 0.619. The predicted octanol–water partition coefficient (Wildman–Crippen LogP) is 0.913. The largest absolute Gasteiger partial charge is 0.278 e. The monoisotopic (exact) mass is 179 g/mol. The van der Waals surface area contributed by atoms with Crippen LogP contribution in [0.15, 0.2) is 17.1 Å². The Bertz CT molecular complexity index is 278. The van der Waals surface area contributed by atoms with E-state index in [9.17, 15) is 8.42 Å². The van der Waals surface area contributed by atoms with Gasteiger partial charge >= 0.3 is 0 Å². The van der Waals surface area contributed by atoms with Crippen LogP contribution in [0.25, 0.3) is 0 Å². The first-order valence-corrected chi connectivity index (χ1v) is 5.07. The van der Waals surface area contributed by atoms with E-state index in [1.807, 2.05) is 0 Å². The first-order valence-electron chi connectivity index (χ1n) is 2.76. The predicted molar refractivity (Wildman–Crippen MR) is 40.8 cm³/mol. The van der Waals surface area contributed by atoms with Crippen LogP contribution in [0.5, 0.6) is 0 Å². The number of hydrogen-bond acceptors (Lipinski definition) is 3. The van der Waals surface area contributed by atoms with Gasteiger partial charge in [-0.15, -0.1) is 0 Å². The molecule has 0 radical (unpaired) electrons. The number of halogens is 1. The molecule has 0 saturated heterocycles. The van der Waals surface area contributed by atoms with Gasteiger partial charge in [0.25, 0.3) is 9.05 Å². The molecule has 5 heteroatoms. The molecule has 0 aromatic heterocycles. The zero-order valence-electron chi connectivity index (χ0n) is 5.12. The normalized spacial score (nSPS) is 18.7. The first kappa shape index (κ1) is 7.75. The summed E-state index contributed by atoms with van der Waals surface area (Å²) in [5.41, 5.74) is 0. The summed E-state index contributed by atoms with van der Waals surface area (Å²) in [6.07, 6.45) is 3.95. The van der Waals surface area contributed by atoms with Crippen LogP contribution < -0.4 is 0 Å². The van der Waals surface area contributed by atoms with Crippen molar-refractivity contribution in [2.24, 2.45) is 4.99 Å². The Kier molecular flexibility index (Phi) is 2.11. The van der Waals surface area contributed by atoms with Crippen LogP contribution in [-0.4, -0.2) is 20.0 Å². The maximum absolute atomic E-state index is 10.6. The average Bonchev–Trinajstić information content (AvgIpc) is 1.88. The molecule has 1 rings (SSSR count). The van der Waals surface area contributed by atoms with E-state index in [1.54, 1.807) is 6.08 Å². The standard InChI is InChI=1S/C5H6ClNO2S/c6-10(8,9)5-3-1-2-4-7-5/h1,3H,2,4H2. The molecule has 0 N–H and O–H groups in total. The Hall–Kier alpha value is -0.350. The summed E-state index contributed by atoms with van der Waals surface area (Å²) < 4.78 is 21.1. The molecule has 0 fully saturated rings. The molecule has 0 atom stereocenters. The van der Waals surface area contributed by atoms with Crippen molar-refractivity contribution in [1.29, 1.82) is 0 Å². The van der Waals surface area contributed by atoms with Gasteiger partial charge in [0, 0.05) is 17.2 Å². The first-order chi connectivity index (χ1) is 4.61. The van der Waals surface area contributed by atoms with Gasteiger partial charge in [-0.05, 0) is 12.5 Å². The van der Waals surface area contributed by atoms with Gasteiger partial charge < -0.3 is 0 Å². The van der Waals surface area contributed by atoms with E-state index in [0.29, 0.717) is 6.54 Å². The summed E-state index contributed by atoms with van der Waals surface area (Å²) in [6, 6.07) is 0. The molecule has 0 unspecified atom stereocenters. The highest BCUT2D eigenvalue weighted by molar-refractivity contribution is 8.26. The molecular formula is C5H6ClNO2S. The molecule has 0 spiro atoms. The third-order valence-electron chi connectivity index (χ3n) is 1.07. The zero-order chi connectivity index (χ0) is 7.61. The van der Waals surface area contributed by atoms with Crippen LogP contribution in [0.4, 0.5) is 0 Å². The molecule has 0 aliphatic carbocycles. The Balaban J connectivity index is 2.94. The number of hydrogen-bond donors (Lipinski definition) is 0. The van der Waals surface area contributed by atoms with Crippen LogP contribution in [0.2, 0.25) is 0 Å². The summed E-state index contributed by atoms with van der Waals surface area (Å²) in [4.78, 5) is 3.71. The summed E-state index contributed by atoms with van der Waals surface area (Å²) in [7, 11) is 1.41. The molecular weight excluding hydrogens is 174 g/mol. The second kappa shape index (κ2) is 2.72. The topological polar surface area (TPSA) is 46.5 Å². The lowest BCUT2D eigenvalue weighted by Crippen LogP contribution is -2.08. The lowest BCUT2D eigenvalue weighted by atomic mass is 10.3. The van der Waals surface area contributed by atoms with Crippen molar-refractivity contribution in [1.82, 2.24) is 0 Å². The smallest absolute Gasteiger partial charge is 0.272 e. The molecule has 0 bridgehead atoms. The summed E-state index contributed by atoms with van der Waals surface area (Å²) >= 11 is 0. The van der Waals surface area contributed by atoms with Crippen LogP contribution >= 0.6 is 10.7 Å². The van der Waals surface area contributed by atoms with E-state index < -0.39 is 9.05 Å². The van der Waals surface area contributed by atoms with Gasteiger partial charge in [-0.2, -0.15) is 0 Å². The summed E-state index contributed by atoms with van der Waals surface area (Å²) in [5.74, 6) is 0. The SMILES string of the molecule is O=S(=O)(Cl)C1=NCCC=C1. The zero-order valence-corrected chi connectivity index (χ0v) is 6.69. The number of rotatable bonds is 0. The van der Waals surface area contributed by atoms with E-state index in [4.69, 9.17) is 10.7 Å². The number of nitrogens with zero attached hydrogens (tertiary/aromatic N) is 1. The van der Waals surface area contributed by atoms with E-state index in [0.717, 1.165) is 6.42 Å². The van der Waals surface area contributed by atoms with Crippen molar-refractivity contribution in [2.45, 2.75) is 6.42 Å². The number of dihydropyridines is 1. The molecule has 56 valence electrons. The Morgan fingerprint density at radius 2 is 2.30 bits per heavy atom. The summed E-state index contributed by atoms with van der Waals surface area (Å²) in [5, 5.41) is -0.0274. The molecule has 0 amide bonds. The molecule has 1 aliphatic rings. The van der Waals surface area contributed by atoms with Crippen molar-refractivity contribution in [3.63, 3.8) is 0 Å². The molecule has 3 nitrogen and oxygen atoms in total. The number of aliphatic imine (C=N–C) groups is 1. The average molecular weight is 180 g/mol. The van der Waals surface area contributed by atoms with Gasteiger partial charge in [-0.3, -0.25) is 4.99 Å².